The van der Waals surface area contributed by atoms with Gasteiger partial charge in [-0.2, -0.15) is 0 Å². The predicted octanol–water partition coefficient (Wildman–Crippen LogP) is 1.75. The zero-order valence-electron chi connectivity index (χ0n) is 14.3. The van der Waals surface area contributed by atoms with E-state index in [1.165, 1.54) is 6.20 Å². The molecule has 2 aromatic rings. The van der Waals surface area contributed by atoms with Crippen molar-refractivity contribution in [3.8, 4) is 0 Å². The van der Waals surface area contributed by atoms with Crippen molar-refractivity contribution in [3.63, 3.8) is 0 Å². The van der Waals surface area contributed by atoms with Crippen molar-refractivity contribution < 1.29 is 9.59 Å². The fraction of sp³-hybridized carbons (Fsp3) is 0.368. The second kappa shape index (κ2) is 7.88. The number of carbonyl (C=O) groups is 2. The van der Waals surface area contributed by atoms with E-state index in [9.17, 15) is 9.59 Å². The van der Waals surface area contributed by atoms with Crippen LogP contribution in [0.1, 0.15) is 34.6 Å². The van der Waals surface area contributed by atoms with Gasteiger partial charge in [0.15, 0.2) is 0 Å². The number of carbonyl (C=O) groups excluding carboxylic acids is 2. The Morgan fingerprint density at radius 3 is 2.48 bits per heavy atom. The summed E-state index contributed by atoms with van der Waals surface area (Å²) in [5.41, 5.74) is 1.97. The second-order valence-corrected chi connectivity index (χ2v) is 6.29. The van der Waals surface area contributed by atoms with E-state index in [1.54, 1.807) is 6.20 Å². The molecule has 1 aromatic heterocycles. The van der Waals surface area contributed by atoms with Crippen LogP contribution >= 0.6 is 0 Å². The van der Waals surface area contributed by atoms with Gasteiger partial charge in [-0.1, -0.05) is 30.3 Å². The first kappa shape index (κ1) is 17.1. The summed E-state index contributed by atoms with van der Waals surface area (Å²) in [6.07, 6.45) is 5.47. The molecule has 3 rings (SSSR count). The van der Waals surface area contributed by atoms with E-state index in [0.717, 1.165) is 37.2 Å². The van der Waals surface area contributed by atoms with Gasteiger partial charge >= 0.3 is 0 Å². The Morgan fingerprint density at radius 1 is 1.12 bits per heavy atom. The van der Waals surface area contributed by atoms with E-state index in [0.29, 0.717) is 6.42 Å². The van der Waals surface area contributed by atoms with Crippen molar-refractivity contribution in [1.82, 2.24) is 20.2 Å². The molecule has 6 heteroatoms. The molecule has 1 atom stereocenters. The number of aryl methyl sites for hydroxylation is 1. The maximum atomic E-state index is 12.8. The van der Waals surface area contributed by atoms with Gasteiger partial charge in [0.1, 0.15) is 11.7 Å². The summed E-state index contributed by atoms with van der Waals surface area (Å²) in [7, 11) is 0. The maximum Gasteiger partial charge on any atom is 0.272 e. The second-order valence-electron chi connectivity index (χ2n) is 6.29. The normalized spacial score (nSPS) is 15.0. The number of likely N-dealkylation sites (tertiary alicyclic amines) is 1. The lowest BCUT2D eigenvalue weighted by Crippen LogP contribution is -2.49. The third-order valence-corrected chi connectivity index (χ3v) is 4.32. The van der Waals surface area contributed by atoms with Gasteiger partial charge in [0, 0.05) is 25.7 Å². The maximum absolute atomic E-state index is 12.8. The van der Waals surface area contributed by atoms with Crippen LogP contribution in [-0.2, 0) is 11.2 Å². The molecule has 0 spiro atoms. The summed E-state index contributed by atoms with van der Waals surface area (Å²) in [5, 5.41) is 2.85. The molecule has 1 aliphatic heterocycles. The van der Waals surface area contributed by atoms with Crippen LogP contribution in [0.15, 0.2) is 42.7 Å². The monoisotopic (exact) mass is 338 g/mol. The lowest BCUT2D eigenvalue weighted by atomic mass is 10.0. The van der Waals surface area contributed by atoms with Gasteiger partial charge in [-0.05, 0) is 25.3 Å². The number of nitrogens with zero attached hydrogens (tertiary/aromatic N) is 3. The SMILES string of the molecule is Cc1cnc(C(=O)N[C@H](Cc2ccccc2)C(=O)N2CCCC2)cn1. The average Bonchev–Trinajstić information content (AvgIpc) is 3.16. The van der Waals surface area contributed by atoms with Crippen LogP contribution in [0.2, 0.25) is 0 Å². The molecule has 1 N–H and O–H groups in total. The summed E-state index contributed by atoms with van der Waals surface area (Å²) < 4.78 is 0. The molecule has 0 aliphatic carbocycles. The number of amides is 2. The first-order valence-corrected chi connectivity index (χ1v) is 8.56. The molecule has 2 amide bonds. The average molecular weight is 338 g/mol. The fourth-order valence-corrected chi connectivity index (χ4v) is 2.95. The summed E-state index contributed by atoms with van der Waals surface area (Å²) >= 11 is 0. The highest BCUT2D eigenvalue weighted by Gasteiger charge is 2.28. The lowest BCUT2D eigenvalue weighted by Gasteiger charge is -2.24. The van der Waals surface area contributed by atoms with E-state index in [4.69, 9.17) is 0 Å². The molecule has 0 radical (unpaired) electrons. The van der Waals surface area contributed by atoms with Crippen molar-refractivity contribution in [2.45, 2.75) is 32.2 Å². The highest BCUT2D eigenvalue weighted by Crippen LogP contribution is 2.12. The van der Waals surface area contributed by atoms with Crippen LogP contribution in [0.5, 0.6) is 0 Å². The third kappa shape index (κ3) is 4.41. The lowest BCUT2D eigenvalue weighted by molar-refractivity contribution is -0.132. The standard InChI is InChI=1S/C19H22N4O2/c1-14-12-21-17(13-20-14)18(24)22-16(11-15-7-3-2-4-8-15)19(25)23-9-5-6-10-23/h2-4,7-8,12-13,16H,5-6,9-11H2,1H3,(H,22,24)/t16-/m1/s1. The number of nitrogens with one attached hydrogen (secondary N) is 1. The fourth-order valence-electron chi connectivity index (χ4n) is 2.95. The molecule has 0 unspecified atom stereocenters. The number of benzene rings is 1. The van der Waals surface area contributed by atoms with Crippen LogP contribution in [-0.4, -0.2) is 45.8 Å². The highest BCUT2D eigenvalue weighted by molar-refractivity contribution is 5.96. The largest absolute Gasteiger partial charge is 0.341 e. The van der Waals surface area contributed by atoms with Gasteiger partial charge < -0.3 is 10.2 Å². The topological polar surface area (TPSA) is 75.2 Å². The van der Waals surface area contributed by atoms with Crippen LogP contribution in [0.25, 0.3) is 0 Å². The van der Waals surface area contributed by atoms with Gasteiger partial charge in [0.05, 0.1) is 11.9 Å². The van der Waals surface area contributed by atoms with Crippen LogP contribution in [0, 0.1) is 6.92 Å². The smallest absolute Gasteiger partial charge is 0.272 e. The minimum absolute atomic E-state index is 0.0326. The Bertz CT molecular complexity index is 725. The van der Waals surface area contributed by atoms with E-state index in [1.807, 2.05) is 42.2 Å². The van der Waals surface area contributed by atoms with E-state index >= 15 is 0 Å². The molecular formula is C19H22N4O2. The Labute approximate surface area is 147 Å². The Hall–Kier alpha value is -2.76. The van der Waals surface area contributed by atoms with Gasteiger partial charge in [-0.15, -0.1) is 0 Å². The number of hydrogen-bond acceptors (Lipinski definition) is 4. The van der Waals surface area contributed by atoms with E-state index in [-0.39, 0.29) is 17.5 Å². The molecule has 6 nitrogen and oxygen atoms in total. The molecule has 1 aromatic carbocycles. The predicted molar refractivity (Wildman–Crippen MR) is 94.0 cm³/mol. The molecule has 0 saturated carbocycles. The molecule has 1 saturated heterocycles. The zero-order chi connectivity index (χ0) is 17.6. The quantitative estimate of drug-likeness (QED) is 0.901. The summed E-state index contributed by atoms with van der Waals surface area (Å²) in [6, 6.07) is 9.11. The van der Waals surface area contributed by atoms with Crippen LogP contribution in [0.4, 0.5) is 0 Å². The van der Waals surface area contributed by atoms with Gasteiger partial charge in [-0.3, -0.25) is 14.6 Å². The third-order valence-electron chi connectivity index (χ3n) is 4.32. The van der Waals surface area contributed by atoms with Crippen molar-refractivity contribution in [3.05, 3.63) is 59.7 Å². The number of hydrogen-bond donors (Lipinski definition) is 1. The Kier molecular flexibility index (Phi) is 5.38. The van der Waals surface area contributed by atoms with Crippen molar-refractivity contribution in [2.24, 2.45) is 0 Å². The summed E-state index contributed by atoms with van der Waals surface area (Å²) in [4.78, 5) is 35.4. The zero-order valence-corrected chi connectivity index (χ0v) is 14.3. The molecule has 1 fully saturated rings. The summed E-state index contributed by atoms with van der Waals surface area (Å²) in [5.74, 6) is -0.407. The Balaban J connectivity index is 1.76. The van der Waals surface area contributed by atoms with Crippen molar-refractivity contribution >= 4 is 11.8 Å². The van der Waals surface area contributed by atoms with Crippen molar-refractivity contribution in [2.75, 3.05) is 13.1 Å². The molecule has 25 heavy (non-hydrogen) atoms. The number of aromatic nitrogens is 2. The molecular weight excluding hydrogens is 316 g/mol. The van der Waals surface area contributed by atoms with Crippen LogP contribution < -0.4 is 5.32 Å². The van der Waals surface area contributed by atoms with Crippen LogP contribution in [0.3, 0.4) is 0 Å². The Morgan fingerprint density at radius 2 is 1.84 bits per heavy atom. The minimum Gasteiger partial charge on any atom is -0.341 e. The van der Waals surface area contributed by atoms with Gasteiger partial charge in [0.2, 0.25) is 5.91 Å². The van der Waals surface area contributed by atoms with Gasteiger partial charge in [-0.25, -0.2) is 4.98 Å². The molecule has 2 heterocycles. The molecule has 130 valence electrons. The van der Waals surface area contributed by atoms with Crippen molar-refractivity contribution in [1.29, 1.82) is 0 Å². The first-order valence-electron chi connectivity index (χ1n) is 8.56. The van der Waals surface area contributed by atoms with E-state index < -0.39 is 6.04 Å². The van der Waals surface area contributed by atoms with E-state index in [2.05, 4.69) is 15.3 Å². The molecule has 1 aliphatic rings. The summed E-state index contributed by atoms with van der Waals surface area (Å²) in [6.45, 7) is 3.32. The minimum atomic E-state index is -0.601. The number of rotatable bonds is 5. The first-order chi connectivity index (χ1) is 12.1. The molecule has 0 bridgehead atoms. The van der Waals surface area contributed by atoms with Gasteiger partial charge in [0.25, 0.3) is 5.91 Å². The highest BCUT2D eigenvalue weighted by atomic mass is 16.2.